The van der Waals surface area contributed by atoms with E-state index in [0.29, 0.717) is 5.75 Å². The average Bonchev–Trinajstić information content (AvgIpc) is 2.27. The average molecular weight is 222 g/mol. The predicted octanol–water partition coefficient (Wildman–Crippen LogP) is 3.00. The minimum Gasteiger partial charge on any atom is -0.508 e. The van der Waals surface area contributed by atoms with Crippen molar-refractivity contribution in [3.05, 3.63) is 29.3 Å². The van der Waals surface area contributed by atoms with E-state index in [1.54, 1.807) is 6.07 Å². The van der Waals surface area contributed by atoms with Crippen LogP contribution in [0.15, 0.2) is 18.2 Å². The second-order valence-electron chi connectivity index (χ2n) is 4.92. The zero-order valence-electron chi connectivity index (χ0n) is 10.5. The van der Waals surface area contributed by atoms with Gasteiger partial charge in [-0.05, 0) is 41.9 Å². The van der Waals surface area contributed by atoms with E-state index < -0.39 is 0 Å². The lowest BCUT2D eigenvalue weighted by Crippen LogP contribution is -2.16. The number of rotatable bonds is 5. The maximum Gasteiger partial charge on any atom is 0.119 e. The van der Waals surface area contributed by atoms with Crippen LogP contribution < -0.4 is 0 Å². The van der Waals surface area contributed by atoms with E-state index in [0.717, 1.165) is 24.8 Å². The van der Waals surface area contributed by atoms with Gasteiger partial charge in [-0.25, -0.2) is 0 Å². The number of phenolic OH excluding ortho intramolecular Hbond substituents is 1. The van der Waals surface area contributed by atoms with Crippen molar-refractivity contribution >= 4 is 0 Å². The van der Waals surface area contributed by atoms with Crippen molar-refractivity contribution < 1.29 is 10.2 Å². The first-order valence-electron chi connectivity index (χ1n) is 5.94. The van der Waals surface area contributed by atoms with Crippen LogP contribution in [0.3, 0.4) is 0 Å². The van der Waals surface area contributed by atoms with Crippen molar-refractivity contribution in [2.75, 3.05) is 6.61 Å². The van der Waals surface area contributed by atoms with Crippen molar-refractivity contribution in [1.82, 2.24) is 0 Å². The summed E-state index contributed by atoms with van der Waals surface area (Å²) in [5.41, 5.74) is 2.19. The molecule has 2 heteroatoms. The number of aromatic hydroxyl groups is 1. The van der Waals surface area contributed by atoms with Gasteiger partial charge in [0.1, 0.15) is 5.75 Å². The van der Waals surface area contributed by atoms with Crippen molar-refractivity contribution in [3.63, 3.8) is 0 Å². The fraction of sp³-hybridized carbons (Fsp3) is 0.571. The first kappa shape index (κ1) is 13.0. The molecule has 1 aromatic carbocycles. The van der Waals surface area contributed by atoms with E-state index in [9.17, 15) is 5.11 Å². The first-order chi connectivity index (χ1) is 7.51. The molecule has 1 aromatic rings. The Bertz CT molecular complexity index is 343. The summed E-state index contributed by atoms with van der Waals surface area (Å²) in [6.07, 6.45) is 2.63. The van der Waals surface area contributed by atoms with Crippen LogP contribution in [-0.2, 0) is 11.8 Å². The van der Waals surface area contributed by atoms with Crippen LogP contribution in [-0.4, -0.2) is 16.8 Å². The van der Waals surface area contributed by atoms with Crippen molar-refractivity contribution in [1.29, 1.82) is 0 Å². The Kier molecular flexibility index (Phi) is 4.36. The summed E-state index contributed by atoms with van der Waals surface area (Å²) >= 11 is 0. The van der Waals surface area contributed by atoms with Crippen LogP contribution in [0.25, 0.3) is 0 Å². The summed E-state index contributed by atoms with van der Waals surface area (Å²) in [5, 5.41) is 18.7. The molecule has 0 saturated carbocycles. The number of benzene rings is 1. The second kappa shape index (κ2) is 5.35. The number of hydrogen-bond donors (Lipinski definition) is 2. The second-order valence-corrected chi connectivity index (χ2v) is 4.92. The summed E-state index contributed by atoms with van der Waals surface area (Å²) < 4.78 is 0. The van der Waals surface area contributed by atoms with Crippen molar-refractivity contribution in [2.24, 2.45) is 0 Å². The number of phenols is 1. The van der Waals surface area contributed by atoms with Gasteiger partial charge in [-0.2, -0.15) is 0 Å². The number of aryl methyl sites for hydroxylation is 1. The zero-order valence-corrected chi connectivity index (χ0v) is 10.5. The van der Waals surface area contributed by atoms with Gasteiger partial charge in [0.25, 0.3) is 0 Å². The minimum absolute atomic E-state index is 0.000687. The van der Waals surface area contributed by atoms with Gasteiger partial charge in [0.05, 0.1) is 0 Å². The van der Waals surface area contributed by atoms with Gasteiger partial charge in [-0.15, -0.1) is 0 Å². The minimum atomic E-state index is -0.000687. The Morgan fingerprint density at radius 2 is 1.94 bits per heavy atom. The molecule has 0 fully saturated rings. The van der Waals surface area contributed by atoms with Crippen LogP contribution in [0.1, 0.15) is 44.7 Å². The van der Waals surface area contributed by atoms with Gasteiger partial charge in [-0.1, -0.05) is 32.9 Å². The molecule has 2 nitrogen and oxygen atoms in total. The first-order valence-corrected chi connectivity index (χ1v) is 5.94. The fourth-order valence-corrected chi connectivity index (χ4v) is 1.75. The summed E-state index contributed by atoms with van der Waals surface area (Å²) in [4.78, 5) is 0. The van der Waals surface area contributed by atoms with E-state index in [-0.39, 0.29) is 12.0 Å². The normalized spacial score (nSPS) is 11.8. The molecule has 0 unspecified atom stereocenters. The van der Waals surface area contributed by atoms with E-state index >= 15 is 0 Å². The van der Waals surface area contributed by atoms with Crippen LogP contribution in [0.4, 0.5) is 0 Å². The third kappa shape index (κ3) is 2.99. The lowest BCUT2D eigenvalue weighted by molar-refractivity contribution is 0.288. The van der Waals surface area contributed by atoms with Crippen molar-refractivity contribution in [2.45, 2.75) is 45.4 Å². The van der Waals surface area contributed by atoms with E-state index in [2.05, 4.69) is 26.8 Å². The Hall–Kier alpha value is -1.02. The van der Waals surface area contributed by atoms with Crippen LogP contribution in [0, 0.1) is 0 Å². The molecule has 0 atom stereocenters. The number of hydrogen-bond acceptors (Lipinski definition) is 2. The highest BCUT2D eigenvalue weighted by Crippen LogP contribution is 2.34. The number of aliphatic hydroxyl groups is 1. The largest absolute Gasteiger partial charge is 0.508 e. The Balaban J connectivity index is 2.99. The quantitative estimate of drug-likeness (QED) is 0.804. The monoisotopic (exact) mass is 222 g/mol. The molecular weight excluding hydrogens is 200 g/mol. The molecule has 0 spiro atoms. The van der Waals surface area contributed by atoms with Gasteiger partial charge in [0.2, 0.25) is 0 Å². The maximum atomic E-state index is 9.88. The summed E-state index contributed by atoms with van der Waals surface area (Å²) in [6, 6.07) is 5.76. The lowest BCUT2D eigenvalue weighted by atomic mass is 9.81. The van der Waals surface area contributed by atoms with Crippen LogP contribution >= 0.6 is 0 Å². The Morgan fingerprint density at radius 1 is 1.25 bits per heavy atom. The highest BCUT2D eigenvalue weighted by atomic mass is 16.3. The predicted molar refractivity (Wildman–Crippen MR) is 66.8 cm³/mol. The van der Waals surface area contributed by atoms with Crippen molar-refractivity contribution in [3.8, 4) is 5.75 Å². The highest BCUT2D eigenvalue weighted by molar-refractivity contribution is 5.41. The highest BCUT2D eigenvalue weighted by Gasteiger charge is 2.21. The van der Waals surface area contributed by atoms with Gasteiger partial charge < -0.3 is 10.2 Å². The van der Waals surface area contributed by atoms with Gasteiger partial charge in [0, 0.05) is 6.61 Å². The molecule has 0 amide bonds. The number of aliphatic hydroxyl groups excluding tert-OH is 1. The van der Waals surface area contributed by atoms with Crippen LogP contribution in [0.2, 0.25) is 0 Å². The summed E-state index contributed by atoms with van der Waals surface area (Å²) in [6.45, 7) is 6.61. The van der Waals surface area contributed by atoms with Gasteiger partial charge in [-0.3, -0.25) is 0 Å². The lowest BCUT2D eigenvalue weighted by Gasteiger charge is -2.25. The standard InChI is InChI=1S/C14H22O2/c1-4-14(2,3)12-10-11(6-5-9-15)7-8-13(12)16/h7-8,10,15-16H,4-6,9H2,1-3H3. The zero-order chi connectivity index (χ0) is 12.2. The Morgan fingerprint density at radius 3 is 2.50 bits per heavy atom. The third-order valence-electron chi connectivity index (χ3n) is 3.30. The molecule has 16 heavy (non-hydrogen) atoms. The smallest absolute Gasteiger partial charge is 0.119 e. The van der Waals surface area contributed by atoms with E-state index in [1.807, 2.05) is 6.07 Å². The molecule has 0 aliphatic rings. The summed E-state index contributed by atoms with van der Waals surface area (Å²) in [5.74, 6) is 0.375. The Labute approximate surface area is 97.9 Å². The van der Waals surface area contributed by atoms with E-state index in [1.165, 1.54) is 5.56 Å². The van der Waals surface area contributed by atoms with Crippen LogP contribution in [0.5, 0.6) is 5.75 Å². The molecule has 0 aliphatic heterocycles. The van der Waals surface area contributed by atoms with Gasteiger partial charge >= 0.3 is 0 Å². The molecule has 90 valence electrons. The third-order valence-corrected chi connectivity index (χ3v) is 3.30. The fourth-order valence-electron chi connectivity index (χ4n) is 1.75. The molecule has 0 saturated heterocycles. The topological polar surface area (TPSA) is 40.5 Å². The maximum absolute atomic E-state index is 9.88. The molecule has 0 heterocycles. The van der Waals surface area contributed by atoms with E-state index in [4.69, 9.17) is 5.11 Å². The summed E-state index contributed by atoms with van der Waals surface area (Å²) in [7, 11) is 0. The van der Waals surface area contributed by atoms with Gasteiger partial charge in [0.15, 0.2) is 0 Å². The molecule has 0 bridgehead atoms. The SMILES string of the molecule is CCC(C)(C)c1cc(CCCO)ccc1O. The molecule has 2 N–H and O–H groups in total. The molecule has 0 radical (unpaired) electrons. The molecular formula is C14H22O2. The molecule has 0 aromatic heterocycles. The molecule has 0 aliphatic carbocycles. The molecule has 1 rings (SSSR count).